The normalized spacial score (nSPS) is 12.6. The molecule has 1 rings (SSSR count). The second kappa shape index (κ2) is 4.53. The van der Waals surface area contributed by atoms with Gasteiger partial charge in [-0.1, -0.05) is 18.5 Å². The molecule has 0 aliphatic carbocycles. The van der Waals surface area contributed by atoms with E-state index in [4.69, 9.17) is 21.4 Å². The van der Waals surface area contributed by atoms with E-state index in [-0.39, 0.29) is 18.3 Å². The summed E-state index contributed by atoms with van der Waals surface area (Å²) in [6.07, 6.45) is 0. The van der Waals surface area contributed by atoms with Gasteiger partial charge in [-0.05, 0) is 12.1 Å². The van der Waals surface area contributed by atoms with Crippen molar-refractivity contribution >= 4 is 11.6 Å². The summed E-state index contributed by atoms with van der Waals surface area (Å²) in [5.41, 5.74) is 0.522. The Morgan fingerprint density at radius 2 is 2.14 bits per heavy atom. The van der Waals surface area contributed by atoms with E-state index < -0.39 is 0 Å². The lowest BCUT2D eigenvalue weighted by Gasteiger charge is -2.14. The lowest BCUT2D eigenvalue weighted by molar-refractivity contribution is 0.269. The minimum absolute atomic E-state index is 0.00144. The zero-order valence-electron chi connectivity index (χ0n) is 8.12. The lowest BCUT2D eigenvalue weighted by Crippen LogP contribution is -2.01. The summed E-state index contributed by atoms with van der Waals surface area (Å²) >= 11 is 5.91. The molecule has 0 bridgehead atoms. The molecule has 1 atom stereocenters. The third-order valence-corrected chi connectivity index (χ3v) is 2.44. The summed E-state index contributed by atoms with van der Waals surface area (Å²) in [5, 5.41) is 19.2. The molecular formula is C10H13ClO3. The van der Waals surface area contributed by atoms with Crippen LogP contribution in [0.3, 0.4) is 0 Å². The molecule has 1 unspecified atom stereocenters. The number of aliphatic hydroxyl groups is 1. The van der Waals surface area contributed by atoms with Crippen LogP contribution in [-0.4, -0.2) is 23.9 Å². The summed E-state index contributed by atoms with van der Waals surface area (Å²) in [4.78, 5) is 0. The number of halogens is 1. The first-order valence-electron chi connectivity index (χ1n) is 4.28. The van der Waals surface area contributed by atoms with Gasteiger partial charge in [0.2, 0.25) is 0 Å². The molecule has 0 spiro atoms. The van der Waals surface area contributed by atoms with Crippen LogP contribution >= 0.6 is 11.6 Å². The first-order chi connectivity index (χ1) is 6.61. The van der Waals surface area contributed by atoms with E-state index in [1.54, 1.807) is 19.1 Å². The maximum Gasteiger partial charge on any atom is 0.162 e. The Morgan fingerprint density at radius 1 is 1.50 bits per heavy atom. The number of ether oxygens (including phenoxy) is 1. The van der Waals surface area contributed by atoms with Crippen LogP contribution < -0.4 is 4.74 Å². The molecule has 0 radical (unpaired) electrons. The van der Waals surface area contributed by atoms with Crippen LogP contribution in [0.5, 0.6) is 11.5 Å². The smallest absolute Gasteiger partial charge is 0.162 e. The van der Waals surface area contributed by atoms with E-state index in [1.807, 2.05) is 0 Å². The second-order valence-electron chi connectivity index (χ2n) is 3.10. The van der Waals surface area contributed by atoms with E-state index >= 15 is 0 Å². The summed E-state index contributed by atoms with van der Waals surface area (Å²) in [7, 11) is 1.47. The molecule has 4 heteroatoms. The van der Waals surface area contributed by atoms with Gasteiger partial charge in [0, 0.05) is 23.1 Å². The van der Waals surface area contributed by atoms with Gasteiger partial charge in [0.15, 0.2) is 11.5 Å². The molecule has 1 aromatic rings. The lowest BCUT2D eigenvalue weighted by atomic mass is 10.0. The molecule has 0 saturated carbocycles. The number of benzene rings is 1. The number of phenols is 1. The molecule has 0 saturated heterocycles. The fourth-order valence-corrected chi connectivity index (χ4v) is 1.63. The molecule has 3 nitrogen and oxygen atoms in total. The van der Waals surface area contributed by atoms with Crippen molar-refractivity contribution in [3.63, 3.8) is 0 Å². The van der Waals surface area contributed by atoms with Crippen LogP contribution in [0, 0.1) is 0 Å². The minimum Gasteiger partial charge on any atom is -0.504 e. The SMILES string of the molecule is COc1ccc(Cl)c(C(C)CO)c1O. The Kier molecular flexibility index (Phi) is 3.61. The highest BCUT2D eigenvalue weighted by Crippen LogP contribution is 2.39. The van der Waals surface area contributed by atoms with Gasteiger partial charge in [-0.25, -0.2) is 0 Å². The van der Waals surface area contributed by atoms with Crippen molar-refractivity contribution < 1.29 is 14.9 Å². The molecular weight excluding hydrogens is 204 g/mol. The van der Waals surface area contributed by atoms with Crippen LogP contribution in [0.4, 0.5) is 0 Å². The molecule has 0 heterocycles. The van der Waals surface area contributed by atoms with Gasteiger partial charge in [0.05, 0.1) is 7.11 Å². The van der Waals surface area contributed by atoms with Gasteiger partial charge in [-0.3, -0.25) is 0 Å². The number of hydrogen-bond acceptors (Lipinski definition) is 3. The topological polar surface area (TPSA) is 49.7 Å². The summed E-state index contributed by atoms with van der Waals surface area (Å²) in [5.74, 6) is 0.156. The molecule has 0 aromatic heterocycles. The first kappa shape index (κ1) is 11.1. The molecule has 2 N–H and O–H groups in total. The van der Waals surface area contributed by atoms with E-state index in [0.717, 1.165) is 0 Å². The highest BCUT2D eigenvalue weighted by molar-refractivity contribution is 6.31. The van der Waals surface area contributed by atoms with Crippen molar-refractivity contribution in [2.75, 3.05) is 13.7 Å². The first-order valence-corrected chi connectivity index (χ1v) is 4.65. The van der Waals surface area contributed by atoms with Crippen molar-refractivity contribution in [3.8, 4) is 11.5 Å². The van der Waals surface area contributed by atoms with Crippen LogP contribution in [0.1, 0.15) is 18.4 Å². The average molecular weight is 217 g/mol. The van der Waals surface area contributed by atoms with Crippen molar-refractivity contribution in [2.24, 2.45) is 0 Å². The molecule has 78 valence electrons. The van der Waals surface area contributed by atoms with Crippen molar-refractivity contribution in [1.82, 2.24) is 0 Å². The average Bonchev–Trinajstić information content (AvgIpc) is 2.18. The zero-order valence-corrected chi connectivity index (χ0v) is 8.88. The third kappa shape index (κ3) is 1.94. The van der Waals surface area contributed by atoms with E-state index in [2.05, 4.69) is 0 Å². The number of rotatable bonds is 3. The number of phenolic OH excluding ortho intramolecular Hbond substituents is 1. The van der Waals surface area contributed by atoms with Crippen molar-refractivity contribution in [2.45, 2.75) is 12.8 Å². The highest BCUT2D eigenvalue weighted by Gasteiger charge is 2.17. The zero-order chi connectivity index (χ0) is 10.7. The Bertz CT molecular complexity index is 325. The Labute approximate surface area is 87.9 Å². The molecule has 1 aromatic carbocycles. The predicted molar refractivity (Wildman–Crippen MR) is 55.2 cm³/mol. The Balaban J connectivity index is 3.25. The second-order valence-corrected chi connectivity index (χ2v) is 3.50. The largest absolute Gasteiger partial charge is 0.504 e. The number of hydrogen-bond donors (Lipinski definition) is 2. The van der Waals surface area contributed by atoms with Crippen LogP contribution in [0.2, 0.25) is 5.02 Å². The molecule has 0 amide bonds. The third-order valence-electron chi connectivity index (χ3n) is 2.11. The fourth-order valence-electron chi connectivity index (χ4n) is 1.29. The predicted octanol–water partition coefficient (Wildman–Crippen LogP) is 2.15. The van der Waals surface area contributed by atoms with Crippen LogP contribution in [0.15, 0.2) is 12.1 Å². The molecule has 0 fully saturated rings. The standard InChI is InChI=1S/C10H13ClO3/c1-6(5-12)9-7(11)3-4-8(14-2)10(9)13/h3-4,6,12-13H,5H2,1-2H3. The van der Waals surface area contributed by atoms with Crippen LogP contribution in [0.25, 0.3) is 0 Å². The van der Waals surface area contributed by atoms with E-state index in [1.165, 1.54) is 7.11 Å². The van der Waals surface area contributed by atoms with Gasteiger partial charge < -0.3 is 14.9 Å². The summed E-state index contributed by atoms with van der Waals surface area (Å²) in [6, 6.07) is 3.23. The minimum atomic E-state index is -0.211. The monoisotopic (exact) mass is 216 g/mol. The van der Waals surface area contributed by atoms with Gasteiger partial charge in [-0.15, -0.1) is 0 Å². The van der Waals surface area contributed by atoms with Crippen molar-refractivity contribution in [1.29, 1.82) is 0 Å². The fraction of sp³-hybridized carbons (Fsp3) is 0.400. The van der Waals surface area contributed by atoms with E-state index in [9.17, 15) is 5.11 Å². The van der Waals surface area contributed by atoms with Crippen molar-refractivity contribution in [3.05, 3.63) is 22.7 Å². The number of aromatic hydroxyl groups is 1. The van der Waals surface area contributed by atoms with Gasteiger partial charge in [0.1, 0.15) is 0 Å². The number of aliphatic hydroxyl groups excluding tert-OH is 1. The molecule has 0 aliphatic rings. The summed E-state index contributed by atoms with van der Waals surface area (Å²) < 4.78 is 4.95. The Hall–Kier alpha value is -0.930. The van der Waals surface area contributed by atoms with Crippen LogP contribution in [-0.2, 0) is 0 Å². The molecule has 0 aliphatic heterocycles. The van der Waals surface area contributed by atoms with Gasteiger partial charge in [0.25, 0.3) is 0 Å². The number of methoxy groups -OCH3 is 1. The summed E-state index contributed by atoms with van der Waals surface area (Å²) in [6.45, 7) is 1.71. The maximum atomic E-state index is 9.75. The van der Waals surface area contributed by atoms with Gasteiger partial charge >= 0.3 is 0 Å². The quantitative estimate of drug-likeness (QED) is 0.814. The molecule has 14 heavy (non-hydrogen) atoms. The maximum absolute atomic E-state index is 9.75. The highest BCUT2D eigenvalue weighted by atomic mass is 35.5. The van der Waals surface area contributed by atoms with Gasteiger partial charge in [-0.2, -0.15) is 0 Å². The van der Waals surface area contributed by atoms with E-state index in [0.29, 0.717) is 16.3 Å². The Morgan fingerprint density at radius 3 is 2.64 bits per heavy atom.